The van der Waals surface area contributed by atoms with Crippen molar-refractivity contribution in [3.63, 3.8) is 0 Å². The molecule has 0 unspecified atom stereocenters. The zero-order valence-electron chi connectivity index (χ0n) is 9.63. The van der Waals surface area contributed by atoms with Crippen molar-refractivity contribution in [1.29, 1.82) is 0 Å². The van der Waals surface area contributed by atoms with Gasteiger partial charge in [-0.3, -0.25) is 0 Å². The van der Waals surface area contributed by atoms with E-state index in [1.807, 2.05) is 0 Å². The number of halogens is 1. The van der Waals surface area contributed by atoms with Crippen molar-refractivity contribution in [2.75, 3.05) is 25.1 Å². The summed E-state index contributed by atoms with van der Waals surface area (Å²) in [5, 5.41) is 0. The fraction of sp³-hybridized carbons (Fsp3) is 0.538. The van der Waals surface area contributed by atoms with Crippen LogP contribution in [0, 0.1) is 0 Å². The third kappa shape index (κ3) is 1.79. The highest BCUT2D eigenvalue weighted by Crippen LogP contribution is 2.39. The molecule has 0 bridgehead atoms. The Balaban J connectivity index is 0.000000963. The van der Waals surface area contributed by atoms with Crippen LogP contribution in [-0.4, -0.2) is 20.2 Å². The van der Waals surface area contributed by atoms with Crippen molar-refractivity contribution in [1.82, 2.24) is 0 Å². The van der Waals surface area contributed by atoms with E-state index in [9.17, 15) is 0 Å². The Morgan fingerprint density at radius 3 is 2.62 bits per heavy atom. The van der Waals surface area contributed by atoms with Gasteiger partial charge in [0.05, 0.1) is 7.11 Å². The molecule has 1 aromatic carbocycles. The second-order valence-electron chi connectivity index (χ2n) is 4.45. The minimum Gasteiger partial charge on any atom is -1.00 e. The molecule has 2 nitrogen and oxygen atoms in total. The summed E-state index contributed by atoms with van der Waals surface area (Å²) >= 11 is 0. The van der Waals surface area contributed by atoms with Crippen LogP contribution in [0.5, 0.6) is 5.75 Å². The molecule has 0 fully saturated rings. The summed E-state index contributed by atoms with van der Waals surface area (Å²) in [7, 11) is 1.78. The average Bonchev–Trinajstić information content (AvgIpc) is 2.30. The highest BCUT2D eigenvalue weighted by Gasteiger charge is 2.25. The lowest BCUT2D eigenvalue weighted by Gasteiger charge is -2.37. The Kier molecular flexibility index (Phi) is 3.62. The van der Waals surface area contributed by atoms with Crippen LogP contribution < -0.4 is 33.6 Å². The van der Waals surface area contributed by atoms with Crippen molar-refractivity contribution in [3.8, 4) is 5.75 Å². The van der Waals surface area contributed by atoms with Gasteiger partial charge < -0.3 is 33.6 Å². The molecule has 2 aliphatic rings. The van der Waals surface area contributed by atoms with E-state index in [4.69, 9.17) is 4.74 Å². The summed E-state index contributed by atoms with van der Waals surface area (Å²) in [6.45, 7) is 2.46. The quantitative estimate of drug-likeness (QED) is 0.638. The van der Waals surface area contributed by atoms with E-state index < -0.39 is 0 Å². The molecule has 0 aliphatic carbocycles. The highest BCUT2D eigenvalue weighted by atomic mass is 127. The van der Waals surface area contributed by atoms with E-state index in [0.29, 0.717) is 0 Å². The molecule has 0 radical (unpaired) electrons. The molecule has 0 spiro atoms. The maximum atomic E-state index is 5.46. The largest absolute Gasteiger partial charge is 1.00 e. The number of aryl methyl sites for hydroxylation is 1. The third-order valence-corrected chi connectivity index (χ3v) is 3.59. The molecular weight excluding hydrogens is 313 g/mol. The van der Waals surface area contributed by atoms with E-state index >= 15 is 0 Å². The number of methoxy groups -OCH3 is 1. The van der Waals surface area contributed by atoms with Gasteiger partial charge in [0.25, 0.3) is 0 Å². The zero-order valence-corrected chi connectivity index (χ0v) is 11.8. The molecule has 1 aromatic rings. The van der Waals surface area contributed by atoms with E-state index in [0.717, 1.165) is 5.75 Å². The molecular formula is C13H17INO-. The van der Waals surface area contributed by atoms with Crippen LogP contribution in [-0.2, 0) is 12.8 Å². The molecule has 88 valence electrons. The molecule has 0 saturated heterocycles. The van der Waals surface area contributed by atoms with Gasteiger partial charge in [-0.1, -0.05) is 6.07 Å². The first-order valence-corrected chi connectivity index (χ1v) is 5.84. The lowest BCUT2D eigenvalue weighted by Crippen LogP contribution is -3.00. The molecule has 3 rings (SSSR count). The molecule has 16 heavy (non-hydrogen) atoms. The van der Waals surface area contributed by atoms with Crippen LogP contribution in [0.2, 0.25) is 0 Å². The Labute approximate surface area is 114 Å². The van der Waals surface area contributed by atoms with Gasteiger partial charge in [-0.15, -0.1) is 0 Å². The van der Waals surface area contributed by atoms with E-state index in [2.05, 4.69) is 17.0 Å². The Hall–Kier alpha value is -0.450. The van der Waals surface area contributed by atoms with E-state index in [1.54, 1.807) is 7.11 Å². The summed E-state index contributed by atoms with van der Waals surface area (Å²) < 4.78 is 5.46. The number of benzene rings is 1. The van der Waals surface area contributed by atoms with Crippen LogP contribution >= 0.6 is 0 Å². The predicted molar refractivity (Wildman–Crippen MR) is 61.8 cm³/mol. The van der Waals surface area contributed by atoms with Gasteiger partial charge >= 0.3 is 0 Å². The van der Waals surface area contributed by atoms with Gasteiger partial charge in [0.2, 0.25) is 0 Å². The Bertz CT molecular complexity index is 390. The Morgan fingerprint density at radius 1 is 1.12 bits per heavy atom. The fourth-order valence-electron chi connectivity index (χ4n) is 2.94. The number of ether oxygens (including phenoxy) is 1. The number of hydrogen-bond donors (Lipinski definition) is 0. The molecule has 0 amide bonds. The third-order valence-electron chi connectivity index (χ3n) is 3.59. The number of rotatable bonds is 1. The molecule has 0 saturated carbocycles. The van der Waals surface area contributed by atoms with Crippen LogP contribution in [0.1, 0.15) is 24.0 Å². The van der Waals surface area contributed by atoms with Gasteiger partial charge in [-0.2, -0.15) is 0 Å². The first kappa shape index (κ1) is 12.0. The molecule has 0 atom stereocenters. The summed E-state index contributed by atoms with van der Waals surface area (Å²) in [4.78, 5) is 2.54. The van der Waals surface area contributed by atoms with Crippen molar-refractivity contribution in [2.24, 2.45) is 0 Å². The number of nitrogens with zero attached hydrogens (tertiary/aromatic N) is 1. The second kappa shape index (κ2) is 4.82. The lowest BCUT2D eigenvalue weighted by molar-refractivity contribution is -0.00000330. The highest BCUT2D eigenvalue weighted by molar-refractivity contribution is 5.67. The van der Waals surface area contributed by atoms with Crippen LogP contribution in [0.3, 0.4) is 0 Å². The van der Waals surface area contributed by atoms with Crippen molar-refractivity contribution >= 4 is 5.69 Å². The van der Waals surface area contributed by atoms with Gasteiger partial charge in [0, 0.05) is 24.3 Å². The first-order chi connectivity index (χ1) is 7.40. The maximum Gasteiger partial charge on any atom is 0.124 e. The van der Waals surface area contributed by atoms with Crippen molar-refractivity contribution in [3.05, 3.63) is 23.3 Å². The summed E-state index contributed by atoms with van der Waals surface area (Å²) in [6, 6.07) is 4.39. The van der Waals surface area contributed by atoms with Gasteiger partial charge in [-0.05, 0) is 37.3 Å². The average molecular weight is 330 g/mol. The minimum atomic E-state index is 0. The molecule has 3 heteroatoms. The predicted octanol–water partition coefficient (Wildman–Crippen LogP) is -0.602. The van der Waals surface area contributed by atoms with Crippen LogP contribution in [0.15, 0.2) is 12.1 Å². The van der Waals surface area contributed by atoms with Crippen LogP contribution in [0.4, 0.5) is 5.69 Å². The molecule has 2 heterocycles. The zero-order chi connectivity index (χ0) is 10.3. The first-order valence-electron chi connectivity index (χ1n) is 5.84. The van der Waals surface area contributed by atoms with Gasteiger partial charge in [0.1, 0.15) is 5.75 Å². The normalized spacial score (nSPS) is 17.4. The molecule has 2 aliphatic heterocycles. The van der Waals surface area contributed by atoms with Crippen molar-refractivity contribution < 1.29 is 28.7 Å². The van der Waals surface area contributed by atoms with Crippen LogP contribution in [0.25, 0.3) is 0 Å². The Morgan fingerprint density at radius 2 is 1.88 bits per heavy atom. The summed E-state index contributed by atoms with van der Waals surface area (Å²) in [5.74, 6) is 1.08. The monoisotopic (exact) mass is 330 g/mol. The SMILES string of the molecule is COc1ccc2c3c1CCCN3CCC2.[I-]. The molecule has 0 aromatic heterocycles. The van der Waals surface area contributed by atoms with E-state index in [1.165, 1.54) is 55.6 Å². The maximum absolute atomic E-state index is 5.46. The van der Waals surface area contributed by atoms with Crippen molar-refractivity contribution in [2.45, 2.75) is 25.7 Å². The number of anilines is 1. The fourth-order valence-corrected chi connectivity index (χ4v) is 2.94. The van der Waals surface area contributed by atoms with Gasteiger partial charge in [-0.25, -0.2) is 0 Å². The standard InChI is InChI=1S/C13H17NO.HI/c1-15-12-7-6-10-4-2-8-14-9-3-5-11(12)13(10)14;/h6-7H,2-5,8-9H2,1H3;1H/p-1. The summed E-state index contributed by atoms with van der Waals surface area (Å²) in [5.41, 5.74) is 4.46. The lowest BCUT2D eigenvalue weighted by atomic mass is 9.91. The smallest absolute Gasteiger partial charge is 0.124 e. The second-order valence-corrected chi connectivity index (χ2v) is 4.45. The van der Waals surface area contributed by atoms with Gasteiger partial charge in [0.15, 0.2) is 0 Å². The number of hydrogen-bond acceptors (Lipinski definition) is 2. The van der Waals surface area contributed by atoms with E-state index in [-0.39, 0.29) is 24.0 Å². The minimum absolute atomic E-state index is 0. The molecule has 0 N–H and O–H groups in total. The summed E-state index contributed by atoms with van der Waals surface area (Å²) in [6.07, 6.45) is 5.00. The topological polar surface area (TPSA) is 12.5 Å².